The van der Waals surface area contributed by atoms with Gasteiger partial charge in [0.15, 0.2) is 0 Å². The standard InChI is InChI=1S/C28H27N3O5/c1-2-36-20-7-5-6-17(15-20)14-18-12-13-31-25(18)30-24-16-19(10-11-23(24)27(31)33)29-26(32)21-8-3-4-9-22(21)28(34)35/h3-7,10-11,14-16,21-22H,2,8-9,12-13H2,1H3,(H,29,32)(H,34,35)/t21-,22+/m0/s1. The number of nitrogens with one attached hydrogen (secondary N) is 1. The number of aromatic nitrogens is 2. The van der Waals surface area contributed by atoms with Crippen molar-refractivity contribution in [2.75, 3.05) is 11.9 Å². The van der Waals surface area contributed by atoms with Gasteiger partial charge >= 0.3 is 5.97 Å². The van der Waals surface area contributed by atoms with E-state index in [1.165, 1.54) is 0 Å². The minimum Gasteiger partial charge on any atom is -0.494 e. The van der Waals surface area contributed by atoms with E-state index in [0.717, 1.165) is 16.9 Å². The van der Waals surface area contributed by atoms with Crippen LogP contribution in [0, 0.1) is 11.8 Å². The number of anilines is 1. The molecule has 3 aromatic rings. The second-order valence-corrected chi connectivity index (χ2v) is 9.03. The lowest BCUT2D eigenvalue weighted by molar-refractivity contribution is -0.146. The lowest BCUT2D eigenvalue weighted by Crippen LogP contribution is -2.34. The number of rotatable bonds is 6. The van der Waals surface area contributed by atoms with Gasteiger partial charge in [-0.3, -0.25) is 19.0 Å². The molecule has 1 amide bonds. The molecule has 8 nitrogen and oxygen atoms in total. The maximum atomic E-state index is 13.2. The largest absolute Gasteiger partial charge is 0.494 e. The van der Waals surface area contributed by atoms with Crippen molar-refractivity contribution in [3.8, 4) is 5.75 Å². The van der Waals surface area contributed by atoms with E-state index in [2.05, 4.69) is 5.32 Å². The van der Waals surface area contributed by atoms with E-state index in [9.17, 15) is 19.5 Å². The molecule has 0 saturated heterocycles. The first-order chi connectivity index (χ1) is 17.4. The average Bonchev–Trinajstić information content (AvgIpc) is 3.27. The van der Waals surface area contributed by atoms with Crippen molar-refractivity contribution in [1.82, 2.24) is 9.55 Å². The Balaban J connectivity index is 1.46. The van der Waals surface area contributed by atoms with E-state index in [1.54, 1.807) is 28.8 Å². The smallest absolute Gasteiger partial charge is 0.307 e. The number of ether oxygens (including phenoxy) is 1. The molecule has 0 radical (unpaired) electrons. The van der Waals surface area contributed by atoms with Crippen LogP contribution in [0.3, 0.4) is 0 Å². The Hall–Kier alpha value is -4.20. The fraction of sp³-hybridized carbons (Fsp3) is 0.286. The van der Waals surface area contributed by atoms with Crippen LogP contribution in [0.15, 0.2) is 59.4 Å². The van der Waals surface area contributed by atoms with Crippen LogP contribution in [0.5, 0.6) is 5.75 Å². The first-order valence-electron chi connectivity index (χ1n) is 12.1. The second-order valence-electron chi connectivity index (χ2n) is 9.03. The van der Waals surface area contributed by atoms with Crippen LogP contribution in [-0.2, 0) is 16.1 Å². The molecule has 2 N–H and O–H groups in total. The zero-order valence-corrected chi connectivity index (χ0v) is 19.9. The number of nitrogens with zero attached hydrogens (tertiary/aromatic N) is 2. The Morgan fingerprint density at radius 2 is 1.97 bits per heavy atom. The number of amides is 1. The molecule has 1 aliphatic carbocycles. The van der Waals surface area contributed by atoms with Crippen molar-refractivity contribution >= 4 is 40.1 Å². The molecular formula is C28H27N3O5. The zero-order valence-electron chi connectivity index (χ0n) is 19.9. The molecular weight excluding hydrogens is 458 g/mol. The number of aliphatic carboxylic acids is 1. The van der Waals surface area contributed by atoms with Crippen LogP contribution in [0.4, 0.5) is 5.69 Å². The van der Waals surface area contributed by atoms with Crippen molar-refractivity contribution in [2.45, 2.75) is 32.7 Å². The quantitative estimate of drug-likeness (QED) is 0.503. The number of carboxylic acids is 1. The van der Waals surface area contributed by atoms with Gasteiger partial charge in [-0.25, -0.2) is 4.98 Å². The lowest BCUT2D eigenvalue weighted by Gasteiger charge is -2.24. The summed E-state index contributed by atoms with van der Waals surface area (Å²) in [5, 5.41) is 12.8. The first kappa shape index (κ1) is 23.5. The Morgan fingerprint density at radius 1 is 1.17 bits per heavy atom. The zero-order chi connectivity index (χ0) is 25.2. The van der Waals surface area contributed by atoms with Crippen molar-refractivity contribution in [3.63, 3.8) is 0 Å². The molecule has 184 valence electrons. The third-order valence-electron chi connectivity index (χ3n) is 6.71. The van der Waals surface area contributed by atoms with Gasteiger partial charge in [-0.2, -0.15) is 0 Å². The highest BCUT2D eigenvalue weighted by molar-refractivity contribution is 5.97. The summed E-state index contributed by atoms with van der Waals surface area (Å²) >= 11 is 0. The summed E-state index contributed by atoms with van der Waals surface area (Å²) < 4.78 is 7.28. The van der Waals surface area contributed by atoms with Crippen LogP contribution in [0.2, 0.25) is 0 Å². The first-order valence-corrected chi connectivity index (χ1v) is 12.1. The summed E-state index contributed by atoms with van der Waals surface area (Å²) in [6.07, 6.45) is 7.06. The second kappa shape index (κ2) is 9.81. The monoisotopic (exact) mass is 485 g/mol. The molecule has 0 unspecified atom stereocenters. The molecule has 2 heterocycles. The molecule has 1 aromatic heterocycles. The molecule has 36 heavy (non-hydrogen) atoms. The number of carbonyl (C=O) groups excluding carboxylic acids is 1. The Kier molecular flexibility index (Phi) is 6.41. The number of hydrogen-bond donors (Lipinski definition) is 2. The number of carboxylic acid groups (broad SMARTS) is 1. The van der Waals surface area contributed by atoms with Crippen molar-refractivity contribution < 1.29 is 19.4 Å². The lowest BCUT2D eigenvalue weighted by atomic mass is 9.82. The summed E-state index contributed by atoms with van der Waals surface area (Å²) in [4.78, 5) is 42.4. The number of carbonyl (C=O) groups is 2. The fourth-order valence-electron chi connectivity index (χ4n) is 4.91. The molecule has 8 heteroatoms. The minimum atomic E-state index is -0.977. The van der Waals surface area contributed by atoms with Gasteiger partial charge in [-0.1, -0.05) is 24.3 Å². The van der Waals surface area contributed by atoms with Crippen LogP contribution in [0.25, 0.3) is 22.6 Å². The van der Waals surface area contributed by atoms with Gasteiger partial charge in [0.25, 0.3) is 5.56 Å². The van der Waals surface area contributed by atoms with Gasteiger partial charge in [-0.15, -0.1) is 0 Å². The maximum absolute atomic E-state index is 13.2. The van der Waals surface area contributed by atoms with Gasteiger partial charge in [0, 0.05) is 12.2 Å². The molecule has 2 aromatic carbocycles. The molecule has 0 bridgehead atoms. The van der Waals surface area contributed by atoms with E-state index < -0.39 is 17.8 Å². The highest BCUT2D eigenvalue weighted by Crippen LogP contribution is 2.30. The Labute approximate surface area is 207 Å². The highest BCUT2D eigenvalue weighted by Gasteiger charge is 2.34. The average molecular weight is 486 g/mol. The molecule has 2 atom stereocenters. The van der Waals surface area contributed by atoms with Gasteiger partial charge < -0.3 is 15.2 Å². The molecule has 1 aliphatic heterocycles. The summed E-state index contributed by atoms with van der Waals surface area (Å²) in [6.45, 7) is 3.07. The van der Waals surface area contributed by atoms with E-state index in [4.69, 9.17) is 9.72 Å². The number of benzene rings is 2. The van der Waals surface area contributed by atoms with Gasteiger partial charge in [0.05, 0.1) is 29.3 Å². The van der Waals surface area contributed by atoms with Crippen LogP contribution < -0.4 is 15.6 Å². The molecule has 0 saturated carbocycles. The van der Waals surface area contributed by atoms with E-state index in [-0.39, 0.29) is 11.5 Å². The van der Waals surface area contributed by atoms with E-state index in [0.29, 0.717) is 54.8 Å². The van der Waals surface area contributed by atoms with Crippen molar-refractivity contribution in [1.29, 1.82) is 0 Å². The molecule has 0 spiro atoms. The maximum Gasteiger partial charge on any atom is 0.307 e. The van der Waals surface area contributed by atoms with Crippen molar-refractivity contribution in [2.24, 2.45) is 11.8 Å². The Bertz CT molecular complexity index is 1470. The third-order valence-corrected chi connectivity index (χ3v) is 6.71. The normalized spacial score (nSPS) is 19.9. The van der Waals surface area contributed by atoms with E-state index in [1.807, 2.05) is 43.3 Å². The molecule has 5 rings (SSSR count). The number of allylic oxidation sites excluding steroid dienone is 3. The third kappa shape index (κ3) is 4.54. The molecule has 0 fully saturated rings. The van der Waals surface area contributed by atoms with Crippen molar-refractivity contribution in [3.05, 3.63) is 76.4 Å². The minimum absolute atomic E-state index is 0.122. The predicted molar refractivity (Wildman–Crippen MR) is 138 cm³/mol. The Morgan fingerprint density at radius 3 is 2.75 bits per heavy atom. The van der Waals surface area contributed by atoms with Gasteiger partial charge in [0.1, 0.15) is 11.6 Å². The summed E-state index contributed by atoms with van der Waals surface area (Å²) in [7, 11) is 0. The SMILES string of the molecule is CCOc1cccc(C=C2CCn3c2nc2cc(NC(=O)[C@H]4CC=CC[C@H]4C(=O)O)ccc2c3=O)c1. The van der Waals surface area contributed by atoms with E-state index >= 15 is 0 Å². The number of fused-ring (bicyclic) bond motifs is 2. The topological polar surface area (TPSA) is 111 Å². The van der Waals surface area contributed by atoms with Gasteiger partial charge in [0.2, 0.25) is 5.91 Å². The van der Waals surface area contributed by atoms with Gasteiger partial charge in [-0.05, 0) is 73.7 Å². The van der Waals surface area contributed by atoms with Crippen LogP contribution in [-0.4, -0.2) is 33.1 Å². The summed E-state index contributed by atoms with van der Waals surface area (Å²) in [5.74, 6) is -1.33. The fourth-order valence-corrected chi connectivity index (χ4v) is 4.91. The summed E-state index contributed by atoms with van der Waals surface area (Å²) in [5.41, 5.74) is 2.77. The molecule has 2 aliphatic rings. The number of hydrogen-bond acceptors (Lipinski definition) is 5. The van der Waals surface area contributed by atoms with Crippen LogP contribution in [0.1, 0.15) is 37.6 Å². The highest BCUT2D eigenvalue weighted by atomic mass is 16.5. The van der Waals surface area contributed by atoms with Crippen LogP contribution >= 0.6 is 0 Å². The summed E-state index contributed by atoms with van der Waals surface area (Å²) in [6, 6.07) is 12.8. The predicted octanol–water partition coefficient (Wildman–Crippen LogP) is 4.35.